The molecular formula is C27H46N7O17P3S. The van der Waals surface area contributed by atoms with E-state index in [2.05, 4.69) is 34.4 Å². The van der Waals surface area contributed by atoms with E-state index in [9.17, 15) is 57.9 Å². The maximum Gasteiger partial charge on any atom is 0.481 e. The Labute approximate surface area is 318 Å². The minimum atomic E-state index is -5.56. The number of carbonyl (C=O) groups is 3. The van der Waals surface area contributed by atoms with Crippen LogP contribution >= 0.6 is 35.2 Å². The lowest BCUT2D eigenvalue weighted by Gasteiger charge is -2.30. The average molecular weight is 866 g/mol. The van der Waals surface area contributed by atoms with E-state index in [0.29, 0.717) is 18.7 Å². The van der Waals surface area contributed by atoms with E-state index in [1.54, 1.807) is 18.7 Å². The molecule has 1 aliphatic rings. The molecule has 24 nitrogen and oxygen atoms in total. The number of phosphoric ester groups is 3. The normalized spacial score (nSPS) is 21.8. The molecule has 0 spiro atoms. The molecule has 10 N–H and O–H groups in total. The van der Waals surface area contributed by atoms with Crippen LogP contribution in [0.1, 0.15) is 52.7 Å². The highest BCUT2D eigenvalue weighted by molar-refractivity contribution is 7.99. The Hall–Kier alpha value is -2.44. The monoisotopic (exact) mass is 865 g/mol. The number of aliphatic hydroxyl groups excluding tert-OH is 2. The first-order valence-electron chi connectivity index (χ1n) is 16.5. The van der Waals surface area contributed by atoms with Crippen molar-refractivity contribution < 1.29 is 80.5 Å². The van der Waals surface area contributed by atoms with Crippen LogP contribution in [-0.2, 0) is 50.7 Å². The van der Waals surface area contributed by atoms with Gasteiger partial charge in [0, 0.05) is 37.1 Å². The Bertz CT molecular complexity index is 1780. The van der Waals surface area contributed by atoms with Gasteiger partial charge >= 0.3 is 23.5 Å². The molecule has 0 aliphatic carbocycles. The Morgan fingerprint density at radius 2 is 1.71 bits per heavy atom. The van der Waals surface area contributed by atoms with Crippen molar-refractivity contribution in [2.75, 3.05) is 43.5 Å². The van der Waals surface area contributed by atoms with Gasteiger partial charge in [0.2, 0.25) is 11.8 Å². The van der Waals surface area contributed by atoms with Gasteiger partial charge in [0.05, 0.1) is 19.5 Å². The number of fused-ring (bicyclic) bond motifs is 1. The summed E-state index contributed by atoms with van der Waals surface area (Å²) >= 11 is 1.63. The van der Waals surface area contributed by atoms with Crippen LogP contribution in [0, 0.1) is 5.41 Å². The van der Waals surface area contributed by atoms with E-state index in [-0.39, 0.29) is 41.6 Å². The Morgan fingerprint density at radius 3 is 2.38 bits per heavy atom. The highest BCUT2D eigenvalue weighted by Crippen LogP contribution is 2.61. The van der Waals surface area contributed by atoms with Crippen molar-refractivity contribution >= 4 is 69.8 Å². The molecule has 2 amide bonds. The maximum atomic E-state index is 12.7. The molecule has 0 bridgehead atoms. The minimum Gasteiger partial charge on any atom is -0.386 e. The molecule has 1 fully saturated rings. The number of aromatic nitrogens is 4. The number of hydrogen-bond acceptors (Lipinski definition) is 18. The number of nitrogens with one attached hydrogen (secondary N) is 2. The van der Waals surface area contributed by atoms with Crippen LogP contribution in [0.3, 0.4) is 0 Å². The number of nitrogens with zero attached hydrogens (tertiary/aromatic N) is 4. The number of ether oxygens (including phenoxy) is 1. The number of anilines is 1. The number of thioether (sulfide) groups is 1. The minimum absolute atomic E-state index is 0.0343. The number of phosphoric acid groups is 3. The van der Waals surface area contributed by atoms with Gasteiger partial charge in [0.25, 0.3) is 0 Å². The molecule has 0 radical (unpaired) electrons. The summed E-state index contributed by atoms with van der Waals surface area (Å²) in [6.45, 7) is 2.33. The summed E-state index contributed by atoms with van der Waals surface area (Å²) in [4.78, 5) is 86.5. The van der Waals surface area contributed by atoms with Gasteiger partial charge in [0.15, 0.2) is 17.7 Å². The molecule has 0 aromatic carbocycles. The number of amides is 2. The molecule has 7 atom stereocenters. The molecule has 1 saturated heterocycles. The van der Waals surface area contributed by atoms with Crippen molar-refractivity contribution in [3.05, 3.63) is 12.7 Å². The molecule has 312 valence electrons. The van der Waals surface area contributed by atoms with E-state index in [1.165, 1.54) is 13.8 Å². The standard InChI is InChI=1S/C27H46N7O17P3S/c1-16(35)6-4-5-10-55-11-9-29-18(36)7-8-30-25(39)22(38)27(2,3)13-48-54(45,46)51-53(43,44)47-12-17-21(50-52(40,41)42)20(37)26(49-17)34-15-33-19-23(28)31-14-32-24(19)34/h14-15,17,20-22,26,37-38H,4-13H2,1-3H3,(H,29,36)(H,30,39)(H,43,44)(H,45,46)(H2,28,31,32)(H2,40,41,42)/t17-,20-,21-,22?,26-/m1/s1. The van der Waals surface area contributed by atoms with Crippen LogP contribution < -0.4 is 16.4 Å². The van der Waals surface area contributed by atoms with Crippen molar-refractivity contribution in [3.8, 4) is 0 Å². The van der Waals surface area contributed by atoms with E-state index in [4.69, 9.17) is 19.5 Å². The van der Waals surface area contributed by atoms with Gasteiger partial charge in [-0.25, -0.2) is 28.6 Å². The van der Waals surface area contributed by atoms with Gasteiger partial charge in [-0.05, 0) is 25.5 Å². The van der Waals surface area contributed by atoms with Crippen LogP contribution in [0.25, 0.3) is 11.2 Å². The molecule has 3 heterocycles. The molecule has 0 saturated carbocycles. The molecule has 2 aromatic heterocycles. The molecule has 3 unspecified atom stereocenters. The first kappa shape index (κ1) is 46.9. The van der Waals surface area contributed by atoms with Crippen LogP contribution in [0.2, 0.25) is 0 Å². The molecular weight excluding hydrogens is 819 g/mol. The molecule has 1 aliphatic heterocycles. The number of hydrogen-bond donors (Lipinski definition) is 9. The van der Waals surface area contributed by atoms with E-state index in [1.807, 2.05) is 0 Å². The summed E-state index contributed by atoms with van der Waals surface area (Å²) < 4.78 is 62.1. The first-order chi connectivity index (χ1) is 25.5. The van der Waals surface area contributed by atoms with Crippen LogP contribution in [0.15, 0.2) is 12.7 Å². The number of carbonyl (C=O) groups excluding carboxylic acids is 3. The SMILES string of the molecule is CC(=O)CCCCSCCNC(=O)CCNC(=O)C(O)C(C)(C)COP(=O)(O)OP(=O)(O)OC[C@H]1O[C@@H](n2cnc3c(N)ncnc32)[C@H](O)[C@@H]1OP(=O)(O)O. The predicted molar refractivity (Wildman–Crippen MR) is 191 cm³/mol. The van der Waals surface area contributed by atoms with Crippen molar-refractivity contribution in [3.63, 3.8) is 0 Å². The number of aliphatic hydroxyl groups is 2. The van der Waals surface area contributed by atoms with Gasteiger partial charge < -0.3 is 55.7 Å². The van der Waals surface area contributed by atoms with Crippen molar-refractivity contribution in [2.24, 2.45) is 5.41 Å². The number of unbranched alkanes of at least 4 members (excludes halogenated alkanes) is 1. The zero-order valence-corrected chi connectivity index (χ0v) is 33.4. The number of nitrogens with two attached hydrogens (primary N) is 1. The predicted octanol–water partition coefficient (Wildman–Crippen LogP) is -0.103. The number of imidazole rings is 1. The zero-order valence-electron chi connectivity index (χ0n) is 29.9. The third-order valence-corrected chi connectivity index (χ3v) is 11.9. The first-order valence-corrected chi connectivity index (χ1v) is 22.2. The summed E-state index contributed by atoms with van der Waals surface area (Å²) in [6, 6.07) is 0. The summed E-state index contributed by atoms with van der Waals surface area (Å²) in [5.74, 6) is 0.318. The van der Waals surface area contributed by atoms with Crippen molar-refractivity contribution in [1.29, 1.82) is 0 Å². The number of ketones is 1. The fourth-order valence-corrected chi connectivity index (χ4v) is 8.57. The lowest BCUT2D eigenvalue weighted by atomic mass is 9.87. The van der Waals surface area contributed by atoms with Crippen molar-refractivity contribution in [1.82, 2.24) is 30.2 Å². The Morgan fingerprint density at radius 1 is 1.02 bits per heavy atom. The Balaban J connectivity index is 1.47. The average Bonchev–Trinajstić information content (AvgIpc) is 3.63. The zero-order chi connectivity index (χ0) is 41.2. The topological polar surface area (TPSA) is 364 Å². The smallest absolute Gasteiger partial charge is 0.386 e. The maximum absolute atomic E-state index is 12.7. The van der Waals surface area contributed by atoms with Gasteiger partial charge in [-0.15, -0.1) is 0 Å². The largest absolute Gasteiger partial charge is 0.481 e. The quantitative estimate of drug-likeness (QED) is 0.0491. The second-order valence-corrected chi connectivity index (χ2v) is 18.3. The lowest BCUT2D eigenvalue weighted by Crippen LogP contribution is -2.46. The summed E-state index contributed by atoms with van der Waals surface area (Å²) in [5, 5.41) is 26.5. The summed E-state index contributed by atoms with van der Waals surface area (Å²) in [6.07, 6.45) is -4.55. The van der Waals surface area contributed by atoms with Gasteiger partial charge in [-0.2, -0.15) is 16.1 Å². The number of Topliss-reactive ketones (excluding diaryl/α,β-unsaturated/α-hetero) is 1. The number of rotatable bonds is 24. The fraction of sp³-hybridized carbons (Fsp3) is 0.704. The summed E-state index contributed by atoms with van der Waals surface area (Å²) in [7, 11) is -16.4. The molecule has 55 heavy (non-hydrogen) atoms. The lowest BCUT2D eigenvalue weighted by molar-refractivity contribution is -0.137. The van der Waals surface area contributed by atoms with Crippen LogP contribution in [0.5, 0.6) is 0 Å². The highest BCUT2D eigenvalue weighted by atomic mass is 32.2. The molecule has 3 rings (SSSR count). The van der Waals surface area contributed by atoms with Gasteiger partial charge in [-0.1, -0.05) is 13.8 Å². The number of nitrogen functional groups attached to an aromatic ring is 1. The van der Waals surface area contributed by atoms with Crippen LogP contribution in [0.4, 0.5) is 5.82 Å². The highest BCUT2D eigenvalue weighted by Gasteiger charge is 2.50. The third kappa shape index (κ3) is 15.1. The second kappa shape index (κ2) is 20.3. The van der Waals surface area contributed by atoms with E-state index < -0.39 is 78.6 Å². The molecule has 28 heteroatoms. The van der Waals surface area contributed by atoms with Crippen LogP contribution in [-0.4, -0.2) is 129 Å². The Kier molecular flexibility index (Phi) is 17.3. The van der Waals surface area contributed by atoms with Gasteiger partial charge in [0.1, 0.15) is 42.0 Å². The van der Waals surface area contributed by atoms with Crippen molar-refractivity contribution in [2.45, 2.75) is 77.1 Å². The summed E-state index contributed by atoms with van der Waals surface area (Å²) in [5.41, 5.74) is 4.29. The van der Waals surface area contributed by atoms with Gasteiger partial charge in [-0.3, -0.25) is 27.7 Å². The van der Waals surface area contributed by atoms with E-state index in [0.717, 1.165) is 35.8 Å². The second-order valence-electron chi connectivity index (χ2n) is 12.8. The van der Waals surface area contributed by atoms with E-state index >= 15 is 0 Å². The molecule has 2 aromatic rings. The fourth-order valence-electron chi connectivity index (χ4n) is 4.88. The third-order valence-electron chi connectivity index (χ3n) is 7.71.